The Bertz CT molecular complexity index is 990. The highest BCUT2D eigenvalue weighted by Crippen LogP contribution is 2.49. The van der Waals surface area contributed by atoms with Crippen molar-refractivity contribution in [2.45, 2.75) is 37.6 Å². The molecule has 2 atom stereocenters. The van der Waals surface area contributed by atoms with Crippen LogP contribution in [-0.2, 0) is 14.9 Å². The zero-order valence-electron chi connectivity index (χ0n) is 16.5. The monoisotopic (exact) mass is 393 g/mol. The number of nitrogens with one attached hydrogen (secondary N) is 1. The van der Waals surface area contributed by atoms with Gasteiger partial charge in [-0.1, -0.05) is 31.5 Å². The molecule has 1 N–H and O–H groups in total. The number of hydrogen-bond acceptors (Lipinski definition) is 5. The van der Waals surface area contributed by atoms with Gasteiger partial charge in [0.15, 0.2) is 0 Å². The molecule has 1 aromatic heterocycles. The van der Waals surface area contributed by atoms with E-state index in [1.165, 1.54) is 25.6 Å². The van der Waals surface area contributed by atoms with E-state index in [0.717, 1.165) is 17.7 Å². The van der Waals surface area contributed by atoms with Crippen LogP contribution < -0.4 is 5.32 Å². The molecule has 0 unspecified atom stereocenters. The number of amides is 2. The van der Waals surface area contributed by atoms with Crippen molar-refractivity contribution >= 4 is 23.5 Å². The Hall–Kier alpha value is -3.22. The van der Waals surface area contributed by atoms with Gasteiger partial charge in [-0.25, -0.2) is 4.79 Å². The lowest BCUT2D eigenvalue weighted by Crippen LogP contribution is -2.48. The van der Waals surface area contributed by atoms with Gasteiger partial charge in [0.2, 0.25) is 5.91 Å². The van der Waals surface area contributed by atoms with Gasteiger partial charge in [-0.2, -0.15) is 0 Å². The molecule has 150 valence electrons. The predicted molar refractivity (Wildman–Crippen MR) is 107 cm³/mol. The Balaban J connectivity index is 1.72. The minimum absolute atomic E-state index is 0.0473. The van der Waals surface area contributed by atoms with Gasteiger partial charge in [-0.3, -0.25) is 14.6 Å². The quantitative estimate of drug-likeness (QED) is 0.807. The van der Waals surface area contributed by atoms with E-state index in [2.05, 4.69) is 10.3 Å². The number of methoxy groups -OCH3 is 1. The van der Waals surface area contributed by atoms with Gasteiger partial charge < -0.3 is 15.0 Å². The Morgan fingerprint density at radius 1 is 1.28 bits per heavy atom. The first-order valence-electron chi connectivity index (χ1n) is 9.78. The van der Waals surface area contributed by atoms with Crippen LogP contribution in [0.5, 0.6) is 0 Å². The van der Waals surface area contributed by atoms with Crippen molar-refractivity contribution in [3.63, 3.8) is 0 Å². The summed E-state index contributed by atoms with van der Waals surface area (Å²) in [6.07, 6.45) is 4.93. The minimum atomic E-state index is -0.740. The van der Waals surface area contributed by atoms with Gasteiger partial charge in [-0.05, 0) is 30.5 Å². The topological polar surface area (TPSA) is 88.6 Å². The lowest BCUT2D eigenvalue weighted by atomic mass is 9.73. The number of pyridine rings is 1. The fourth-order valence-corrected chi connectivity index (χ4v) is 4.67. The minimum Gasteiger partial charge on any atom is -0.465 e. The second kappa shape index (κ2) is 7.31. The molecule has 29 heavy (non-hydrogen) atoms. The number of rotatable bonds is 4. The summed E-state index contributed by atoms with van der Waals surface area (Å²) in [5.74, 6) is -0.816. The van der Waals surface area contributed by atoms with Crippen LogP contribution in [0.1, 0.15) is 52.5 Å². The summed E-state index contributed by atoms with van der Waals surface area (Å²) < 4.78 is 4.73. The van der Waals surface area contributed by atoms with Crippen LogP contribution in [-0.4, -0.2) is 47.4 Å². The number of nitrogens with zero attached hydrogens (tertiary/aromatic N) is 2. The molecular formula is C22H23N3O4. The van der Waals surface area contributed by atoms with Crippen molar-refractivity contribution in [2.24, 2.45) is 0 Å². The second-order valence-electron chi connectivity index (χ2n) is 7.48. The van der Waals surface area contributed by atoms with E-state index in [1.807, 2.05) is 31.2 Å². The number of anilines is 1. The van der Waals surface area contributed by atoms with Crippen LogP contribution in [0, 0.1) is 0 Å². The number of benzene rings is 1. The average Bonchev–Trinajstić information content (AvgIpc) is 3.26. The number of hydrogen-bond donors (Lipinski definition) is 1. The number of likely N-dealkylation sites (tertiary alicyclic amines) is 1. The number of carbonyl (C=O) groups is 3. The summed E-state index contributed by atoms with van der Waals surface area (Å²) in [6, 6.07) is 8.94. The first-order chi connectivity index (χ1) is 14.0. The zero-order valence-corrected chi connectivity index (χ0v) is 16.5. The van der Waals surface area contributed by atoms with E-state index >= 15 is 0 Å². The molecule has 3 heterocycles. The highest BCUT2D eigenvalue weighted by atomic mass is 16.5. The van der Waals surface area contributed by atoms with E-state index in [4.69, 9.17) is 4.74 Å². The molecule has 2 aliphatic heterocycles. The maximum atomic E-state index is 13.4. The molecule has 0 saturated carbocycles. The highest BCUT2D eigenvalue weighted by Gasteiger charge is 2.58. The number of fused-ring (bicyclic) bond motifs is 2. The van der Waals surface area contributed by atoms with Crippen LogP contribution in [0.25, 0.3) is 0 Å². The molecule has 2 aliphatic rings. The number of esters is 1. The van der Waals surface area contributed by atoms with Gasteiger partial charge in [0.25, 0.3) is 5.91 Å². The van der Waals surface area contributed by atoms with Crippen molar-refractivity contribution in [1.82, 2.24) is 9.88 Å². The normalized spacial score (nSPS) is 22.5. The molecule has 0 aliphatic carbocycles. The third kappa shape index (κ3) is 2.88. The van der Waals surface area contributed by atoms with Gasteiger partial charge in [0.1, 0.15) is 0 Å². The van der Waals surface area contributed by atoms with Crippen molar-refractivity contribution in [2.75, 3.05) is 19.0 Å². The Morgan fingerprint density at radius 3 is 2.79 bits per heavy atom. The molecule has 1 fully saturated rings. The number of carbonyl (C=O) groups excluding carboxylic acids is 3. The fraction of sp³-hybridized carbons (Fsp3) is 0.364. The van der Waals surface area contributed by atoms with E-state index in [0.29, 0.717) is 24.9 Å². The van der Waals surface area contributed by atoms with Crippen LogP contribution >= 0.6 is 0 Å². The van der Waals surface area contributed by atoms with Crippen molar-refractivity contribution < 1.29 is 19.1 Å². The summed E-state index contributed by atoms with van der Waals surface area (Å²) >= 11 is 0. The van der Waals surface area contributed by atoms with Crippen LogP contribution in [0.4, 0.5) is 5.69 Å². The first kappa shape index (κ1) is 19.1. The maximum absolute atomic E-state index is 13.4. The Morgan fingerprint density at radius 2 is 2.03 bits per heavy atom. The van der Waals surface area contributed by atoms with Crippen LogP contribution in [0.15, 0.2) is 42.7 Å². The Kier molecular flexibility index (Phi) is 4.82. The van der Waals surface area contributed by atoms with Crippen molar-refractivity contribution in [1.29, 1.82) is 0 Å². The molecule has 2 amide bonds. The van der Waals surface area contributed by atoms with Crippen molar-refractivity contribution in [3.05, 3.63) is 59.4 Å². The van der Waals surface area contributed by atoms with Gasteiger partial charge in [0, 0.05) is 24.6 Å². The number of ether oxygens (including phenoxy) is 1. The van der Waals surface area contributed by atoms with Gasteiger partial charge in [0.05, 0.1) is 29.7 Å². The summed E-state index contributed by atoms with van der Waals surface area (Å²) in [6.45, 7) is 2.51. The van der Waals surface area contributed by atoms with Gasteiger partial charge >= 0.3 is 5.97 Å². The molecule has 1 saturated heterocycles. The largest absolute Gasteiger partial charge is 0.465 e. The molecule has 1 spiro atoms. The molecule has 7 nitrogen and oxygen atoms in total. The van der Waals surface area contributed by atoms with E-state index in [9.17, 15) is 14.4 Å². The van der Waals surface area contributed by atoms with Crippen LogP contribution in [0.2, 0.25) is 0 Å². The molecule has 2 aromatic rings. The predicted octanol–water partition coefficient (Wildman–Crippen LogP) is 2.77. The van der Waals surface area contributed by atoms with Gasteiger partial charge in [-0.15, -0.1) is 0 Å². The highest BCUT2D eigenvalue weighted by molar-refractivity contribution is 6.08. The summed E-state index contributed by atoms with van der Waals surface area (Å²) in [5.41, 5.74) is 1.58. The standard InChI is InChI=1S/C22H23N3O4/c1-3-6-18-22(16-7-4-5-8-17(16)24-21(22)28)9-10-25(18)19(26)14-11-15(13-23-12-14)20(27)29-2/h4-5,7-8,11-13,18H,3,6,9-10H2,1-2H3,(H,24,28)/t18-,22+/m0/s1. The summed E-state index contributed by atoms with van der Waals surface area (Å²) in [4.78, 5) is 44.1. The Labute approximate surface area is 169 Å². The van der Waals surface area contributed by atoms with E-state index in [-0.39, 0.29) is 23.4 Å². The fourth-order valence-electron chi connectivity index (χ4n) is 4.67. The third-order valence-corrected chi connectivity index (χ3v) is 5.98. The third-order valence-electron chi connectivity index (χ3n) is 5.98. The lowest BCUT2D eigenvalue weighted by Gasteiger charge is -2.34. The maximum Gasteiger partial charge on any atom is 0.339 e. The smallest absolute Gasteiger partial charge is 0.339 e. The molecule has 7 heteroatoms. The number of para-hydroxylation sites is 1. The number of aromatic nitrogens is 1. The molecule has 4 rings (SSSR count). The SMILES string of the molecule is CCC[C@@H]1N(C(=O)c2cncc(C(=O)OC)c2)CC[C@]12C(=O)Nc1ccccc12. The molecular weight excluding hydrogens is 370 g/mol. The van der Waals surface area contributed by atoms with E-state index < -0.39 is 11.4 Å². The molecule has 1 aromatic carbocycles. The summed E-state index contributed by atoms with van der Waals surface area (Å²) in [5, 5.41) is 3.00. The van der Waals surface area contributed by atoms with Crippen LogP contribution in [0.3, 0.4) is 0 Å². The summed E-state index contributed by atoms with van der Waals surface area (Å²) in [7, 11) is 1.29. The lowest BCUT2D eigenvalue weighted by molar-refractivity contribution is -0.121. The second-order valence-corrected chi connectivity index (χ2v) is 7.48. The first-order valence-corrected chi connectivity index (χ1v) is 9.78. The van der Waals surface area contributed by atoms with E-state index in [1.54, 1.807) is 4.90 Å². The zero-order chi connectivity index (χ0) is 20.6. The molecule has 0 radical (unpaired) electrons. The molecule has 0 bridgehead atoms. The average molecular weight is 393 g/mol. The van der Waals surface area contributed by atoms with Crippen molar-refractivity contribution in [3.8, 4) is 0 Å².